The molecule has 5 heteroatoms. The summed E-state index contributed by atoms with van der Waals surface area (Å²) in [6.45, 7) is 4.02. The fourth-order valence-electron chi connectivity index (χ4n) is 3.04. The Hall–Kier alpha value is -0.820. The van der Waals surface area contributed by atoms with Crippen LogP contribution >= 0.6 is 42.1 Å². The molecule has 0 aliphatic heterocycles. The van der Waals surface area contributed by atoms with Crippen molar-refractivity contribution in [2.24, 2.45) is 0 Å². The maximum absolute atomic E-state index is 6.13. The fraction of sp³-hybridized carbons (Fsp3) is 0.0476. The van der Waals surface area contributed by atoms with E-state index in [0.717, 1.165) is 21.2 Å². The smallest absolute Gasteiger partial charge is 0.115 e. The molecule has 0 N–H and O–H groups in total. The maximum atomic E-state index is 6.13. The minimum Gasteiger partial charge on any atom is -1.00 e. The Kier molecular flexibility index (Phi) is 7.76. The van der Waals surface area contributed by atoms with Crippen LogP contribution in [-0.2, 0) is 0 Å². The largest absolute Gasteiger partial charge is 1.00 e. The van der Waals surface area contributed by atoms with E-state index in [1.807, 2.05) is 42.5 Å². The standard InChI is InChI=1S/C21H17Cl3P.BrH/c1-2-15-25(19-9-3-16(22)4-10-19,20-11-5-17(23)6-12-20)21-13-7-18(24)8-14-21;/h2-14H,1,15H2;1H/q+1;/p-1. The monoisotopic (exact) mass is 484 g/mol. The lowest BCUT2D eigenvalue weighted by Crippen LogP contribution is -3.00. The Morgan fingerprint density at radius 2 is 0.885 bits per heavy atom. The van der Waals surface area contributed by atoms with Crippen LogP contribution in [0.25, 0.3) is 0 Å². The molecule has 26 heavy (non-hydrogen) atoms. The first-order chi connectivity index (χ1) is 12.1. The highest BCUT2D eigenvalue weighted by Crippen LogP contribution is 2.55. The fourth-order valence-corrected chi connectivity index (χ4v) is 7.31. The molecule has 0 atom stereocenters. The molecule has 0 aliphatic carbocycles. The Labute approximate surface area is 180 Å². The van der Waals surface area contributed by atoms with Crippen LogP contribution in [-0.4, -0.2) is 6.16 Å². The van der Waals surface area contributed by atoms with Crippen molar-refractivity contribution in [1.29, 1.82) is 0 Å². The van der Waals surface area contributed by atoms with E-state index >= 15 is 0 Å². The summed E-state index contributed by atoms with van der Waals surface area (Å²) in [5.41, 5.74) is 0. The highest BCUT2D eigenvalue weighted by Gasteiger charge is 2.44. The maximum Gasteiger partial charge on any atom is 0.115 e. The molecule has 3 rings (SSSR count). The number of hydrogen-bond acceptors (Lipinski definition) is 0. The minimum atomic E-state index is -1.91. The Morgan fingerprint density at radius 3 is 1.12 bits per heavy atom. The Balaban J connectivity index is 0.00000243. The van der Waals surface area contributed by atoms with Crippen LogP contribution in [0.1, 0.15) is 0 Å². The van der Waals surface area contributed by atoms with Gasteiger partial charge in [0.1, 0.15) is 23.2 Å². The summed E-state index contributed by atoms with van der Waals surface area (Å²) in [7, 11) is -1.91. The van der Waals surface area contributed by atoms with E-state index in [2.05, 4.69) is 43.0 Å². The van der Waals surface area contributed by atoms with Crippen molar-refractivity contribution in [3.8, 4) is 0 Å². The second kappa shape index (κ2) is 9.40. The van der Waals surface area contributed by atoms with Gasteiger partial charge in [-0.15, -0.1) is 0 Å². The third kappa shape index (κ3) is 4.35. The topological polar surface area (TPSA) is 0 Å². The predicted molar refractivity (Wildman–Crippen MR) is 115 cm³/mol. The van der Waals surface area contributed by atoms with Crippen molar-refractivity contribution >= 4 is 58.0 Å². The van der Waals surface area contributed by atoms with E-state index in [4.69, 9.17) is 34.8 Å². The van der Waals surface area contributed by atoms with Crippen molar-refractivity contribution in [1.82, 2.24) is 0 Å². The third-order valence-electron chi connectivity index (χ3n) is 4.21. The zero-order valence-electron chi connectivity index (χ0n) is 13.9. The van der Waals surface area contributed by atoms with Crippen molar-refractivity contribution in [3.63, 3.8) is 0 Å². The molecule has 0 spiro atoms. The first kappa shape index (κ1) is 21.5. The molecular formula is C21H17BrCl3P. The van der Waals surface area contributed by atoms with E-state index in [1.165, 1.54) is 15.9 Å². The zero-order chi connectivity index (χ0) is 17.9. The summed E-state index contributed by atoms with van der Waals surface area (Å²) in [5.74, 6) is 0. The number of benzene rings is 3. The van der Waals surface area contributed by atoms with Gasteiger partial charge in [-0.2, -0.15) is 0 Å². The van der Waals surface area contributed by atoms with Gasteiger partial charge in [-0.3, -0.25) is 0 Å². The first-order valence-electron chi connectivity index (χ1n) is 7.83. The van der Waals surface area contributed by atoms with Gasteiger partial charge >= 0.3 is 0 Å². The van der Waals surface area contributed by atoms with Gasteiger partial charge in [-0.25, -0.2) is 0 Å². The quantitative estimate of drug-likeness (QED) is 0.384. The van der Waals surface area contributed by atoms with E-state index in [9.17, 15) is 0 Å². The average Bonchev–Trinajstić information content (AvgIpc) is 2.62. The molecule has 0 nitrogen and oxygen atoms in total. The molecule has 0 aliphatic rings. The lowest BCUT2D eigenvalue weighted by molar-refractivity contribution is -0.00000458. The van der Waals surface area contributed by atoms with Gasteiger partial charge in [0.05, 0.1) is 6.16 Å². The molecule has 0 bridgehead atoms. The van der Waals surface area contributed by atoms with Crippen LogP contribution < -0.4 is 32.9 Å². The van der Waals surface area contributed by atoms with Crippen molar-refractivity contribution < 1.29 is 17.0 Å². The lowest BCUT2D eigenvalue weighted by atomic mass is 10.3. The molecule has 0 saturated carbocycles. The predicted octanol–water partition coefficient (Wildman–Crippen LogP) is 3.13. The van der Waals surface area contributed by atoms with Crippen molar-refractivity contribution in [3.05, 3.63) is 101 Å². The molecule has 0 aromatic heterocycles. The Bertz CT molecular complexity index is 748. The first-order valence-corrected chi connectivity index (χ1v) is 10.9. The van der Waals surface area contributed by atoms with E-state index in [1.54, 1.807) is 0 Å². The van der Waals surface area contributed by atoms with Crippen molar-refractivity contribution in [2.75, 3.05) is 6.16 Å². The summed E-state index contributed by atoms with van der Waals surface area (Å²) in [6, 6.07) is 24.4. The molecule has 0 fully saturated rings. The van der Waals surface area contributed by atoms with Gasteiger partial charge in [-0.05, 0) is 72.8 Å². The van der Waals surface area contributed by atoms with Gasteiger partial charge in [0.2, 0.25) is 0 Å². The molecule has 3 aromatic rings. The van der Waals surface area contributed by atoms with Gasteiger partial charge in [-0.1, -0.05) is 47.5 Å². The number of rotatable bonds is 5. The molecule has 0 radical (unpaired) electrons. The highest BCUT2D eigenvalue weighted by molar-refractivity contribution is 7.95. The number of allylic oxidation sites excluding steroid dienone is 1. The number of halogens is 4. The lowest BCUT2D eigenvalue weighted by Gasteiger charge is -2.26. The van der Waals surface area contributed by atoms with Crippen LogP contribution in [0.3, 0.4) is 0 Å². The van der Waals surface area contributed by atoms with Gasteiger partial charge < -0.3 is 17.0 Å². The van der Waals surface area contributed by atoms with Gasteiger partial charge in [0, 0.05) is 15.1 Å². The molecule has 134 valence electrons. The molecule has 0 heterocycles. The normalized spacial score (nSPS) is 10.9. The summed E-state index contributed by atoms with van der Waals surface area (Å²) < 4.78 is 0. The van der Waals surface area contributed by atoms with Gasteiger partial charge in [0.15, 0.2) is 0 Å². The molecule has 0 saturated heterocycles. The third-order valence-corrected chi connectivity index (χ3v) is 9.31. The number of hydrogen-bond donors (Lipinski definition) is 0. The molecular weight excluding hydrogens is 469 g/mol. The molecule has 3 aromatic carbocycles. The molecule has 0 unspecified atom stereocenters. The Morgan fingerprint density at radius 1 is 0.615 bits per heavy atom. The van der Waals surface area contributed by atoms with E-state index in [0.29, 0.717) is 0 Å². The highest BCUT2D eigenvalue weighted by atomic mass is 79.9. The second-order valence-corrected chi connectivity index (χ2v) is 10.6. The van der Waals surface area contributed by atoms with E-state index < -0.39 is 7.26 Å². The summed E-state index contributed by atoms with van der Waals surface area (Å²) >= 11 is 18.4. The van der Waals surface area contributed by atoms with Crippen LogP contribution in [0.5, 0.6) is 0 Å². The van der Waals surface area contributed by atoms with Crippen LogP contribution in [0.2, 0.25) is 15.1 Å². The van der Waals surface area contributed by atoms with Crippen LogP contribution in [0, 0.1) is 0 Å². The minimum absolute atomic E-state index is 0. The van der Waals surface area contributed by atoms with Crippen LogP contribution in [0.15, 0.2) is 85.5 Å². The SMILES string of the molecule is C=CC[P+](c1ccc(Cl)cc1)(c1ccc(Cl)cc1)c1ccc(Cl)cc1.[Br-]. The summed E-state index contributed by atoms with van der Waals surface area (Å²) in [4.78, 5) is 0. The summed E-state index contributed by atoms with van der Waals surface area (Å²) in [6.07, 6.45) is 2.84. The zero-order valence-corrected chi connectivity index (χ0v) is 18.6. The average molecular weight is 487 g/mol. The van der Waals surface area contributed by atoms with Gasteiger partial charge in [0.25, 0.3) is 0 Å². The summed E-state index contributed by atoms with van der Waals surface area (Å²) in [5, 5.41) is 5.94. The molecule has 0 amide bonds. The second-order valence-electron chi connectivity index (χ2n) is 5.71. The van der Waals surface area contributed by atoms with Crippen molar-refractivity contribution in [2.45, 2.75) is 0 Å². The van der Waals surface area contributed by atoms with E-state index in [-0.39, 0.29) is 17.0 Å². The van der Waals surface area contributed by atoms with Crippen LogP contribution in [0.4, 0.5) is 0 Å².